The Hall–Kier alpha value is -2.67. The highest BCUT2D eigenvalue weighted by molar-refractivity contribution is 6.08. The van der Waals surface area contributed by atoms with Gasteiger partial charge in [-0.2, -0.15) is 0 Å². The van der Waals surface area contributed by atoms with Crippen molar-refractivity contribution in [2.45, 2.75) is 26.2 Å². The molecule has 0 aromatic carbocycles. The van der Waals surface area contributed by atoms with E-state index in [0.717, 1.165) is 56.1 Å². The van der Waals surface area contributed by atoms with E-state index in [4.69, 9.17) is 0 Å². The van der Waals surface area contributed by atoms with E-state index in [1.807, 2.05) is 19.1 Å². The van der Waals surface area contributed by atoms with Crippen LogP contribution in [0, 0.1) is 6.92 Å². The quantitative estimate of drug-likeness (QED) is 0.870. The standard InChI is InChI=1S/C20H25N5O2/c1-13-18-15(4-3-5-16(18)26)23-19(13)20(27)22-14-6-7-17(21-12-14)25-10-8-24(2)9-11-25/h6-7,12,23H,3-5,8-11H2,1-2H3,(H,22,27). The number of pyridine rings is 1. The number of carbonyl (C=O) groups is 2. The van der Waals surface area contributed by atoms with Gasteiger partial charge in [-0.25, -0.2) is 4.98 Å². The number of piperazine rings is 1. The molecule has 1 fully saturated rings. The molecule has 1 saturated heterocycles. The van der Waals surface area contributed by atoms with Gasteiger partial charge in [0.15, 0.2) is 5.78 Å². The van der Waals surface area contributed by atoms with Crippen LogP contribution in [0.4, 0.5) is 11.5 Å². The predicted octanol–water partition coefficient (Wildman–Crippen LogP) is 2.24. The summed E-state index contributed by atoms with van der Waals surface area (Å²) in [5.41, 5.74) is 3.45. The normalized spacial score (nSPS) is 17.7. The summed E-state index contributed by atoms with van der Waals surface area (Å²) in [5, 5.41) is 2.89. The molecule has 4 rings (SSSR count). The van der Waals surface area contributed by atoms with Crippen LogP contribution in [0.1, 0.15) is 44.9 Å². The van der Waals surface area contributed by atoms with Gasteiger partial charge in [0.1, 0.15) is 11.5 Å². The van der Waals surface area contributed by atoms with Crippen LogP contribution < -0.4 is 10.2 Å². The molecule has 0 saturated carbocycles. The Balaban J connectivity index is 1.46. The maximum absolute atomic E-state index is 12.7. The van der Waals surface area contributed by atoms with Crippen molar-refractivity contribution >= 4 is 23.2 Å². The van der Waals surface area contributed by atoms with Crippen molar-refractivity contribution in [3.05, 3.63) is 40.8 Å². The second-order valence-electron chi connectivity index (χ2n) is 7.40. The molecule has 3 heterocycles. The van der Waals surface area contributed by atoms with Gasteiger partial charge in [0.05, 0.1) is 11.9 Å². The Bertz CT molecular complexity index is 863. The lowest BCUT2D eigenvalue weighted by Crippen LogP contribution is -2.44. The van der Waals surface area contributed by atoms with Crippen LogP contribution in [0.2, 0.25) is 0 Å². The number of fused-ring (bicyclic) bond motifs is 1. The molecule has 142 valence electrons. The molecule has 0 unspecified atom stereocenters. The number of Topliss-reactive ketones (excluding diaryl/α,β-unsaturated/α-hetero) is 1. The Labute approximate surface area is 158 Å². The third-order valence-electron chi connectivity index (χ3n) is 5.50. The highest BCUT2D eigenvalue weighted by Crippen LogP contribution is 2.27. The van der Waals surface area contributed by atoms with Crippen molar-refractivity contribution in [2.75, 3.05) is 43.4 Å². The van der Waals surface area contributed by atoms with E-state index >= 15 is 0 Å². The van der Waals surface area contributed by atoms with E-state index in [1.165, 1.54) is 0 Å². The highest BCUT2D eigenvalue weighted by Gasteiger charge is 2.26. The van der Waals surface area contributed by atoms with E-state index < -0.39 is 0 Å². The number of anilines is 2. The van der Waals surface area contributed by atoms with E-state index in [-0.39, 0.29) is 11.7 Å². The number of amides is 1. The topological polar surface area (TPSA) is 81.3 Å². The molecule has 0 bridgehead atoms. The van der Waals surface area contributed by atoms with Gasteiger partial charge in [0, 0.05) is 43.9 Å². The first-order chi connectivity index (χ1) is 13.0. The predicted molar refractivity (Wildman–Crippen MR) is 105 cm³/mol. The maximum atomic E-state index is 12.7. The molecule has 1 amide bonds. The number of nitrogens with zero attached hydrogens (tertiary/aromatic N) is 3. The monoisotopic (exact) mass is 367 g/mol. The molecule has 0 radical (unpaired) electrons. The molecule has 0 spiro atoms. The zero-order chi connectivity index (χ0) is 19.0. The van der Waals surface area contributed by atoms with Crippen LogP contribution in [-0.4, -0.2) is 59.8 Å². The van der Waals surface area contributed by atoms with Gasteiger partial charge in [-0.3, -0.25) is 9.59 Å². The smallest absolute Gasteiger partial charge is 0.272 e. The first-order valence-electron chi connectivity index (χ1n) is 9.48. The van der Waals surface area contributed by atoms with Crippen LogP contribution in [-0.2, 0) is 6.42 Å². The van der Waals surface area contributed by atoms with Crippen LogP contribution in [0.5, 0.6) is 0 Å². The second kappa shape index (κ2) is 7.15. The summed E-state index contributed by atoms with van der Waals surface area (Å²) in [7, 11) is 2.12. The molecule has 27 heavy (non-hydrogen) atoms. The van der Waals surface area contributed by atoms with Gasteiger partial charge in [-0.15, -0.1) is 0 Å². The minimum Gasteiger partial charge on any atom is -0.354 e. The summed E-state index contributed by atoms with van der Waals surface area (Å²) in [6, 6.07) is 3.82. The molecule has 0 atom stereocenters. The third kappa shape index (κ3) is 3.47. The number of nitrogens with one attached hydrogen (secondary N) is 2. The van der Waals surface area contributed by atoms with E-state index in [1.54, 1.807) is 6.20 Å². The number of aromatic amines is 1. The number of hydrogen-bond donors (Lipinski definition) is 2. The Morgan fingerprint density at radius 1 is 1.19 bits per heavy atom. The van der Waals surface area contributed by atoms with Crippen LogP contribution in [0.15, 0.2) is 18.3 Å². The maximum Gasteiger partial charge on any atom is 0.272 e. The second-order valence-corrected chi connectivity index (χ2v) is 7.40. The van der Waals surface area contributed by atoms with Crippen molar-refractivity contribution in [1.29, 1.82) is 0 Å². The van der Waals surface area contributed by atoms with Crippen LogP contribution in [0.25, 0.3) is 0 Å². The van der Waals surface area contributed by atoms with Gasteiger partial charge in [0.25, 0.3) is 5.91 Å². The molecule has 7 heteroatoms. The summed E-state index contributed by atoms with van der Waals surface area (Å²) in [6.07, 6.45) is 3.90. The molecular formula is C20H25N5O2. The summed E-state index contributed by atoms with van der Waals surface area (Å²) in [6.45, 7) is 5.79. The Kier molecular flexibility index (Phi) is 4.70. The Morgan fingerprint density at radius 3 is 2.63 bits per heavy atom. The van der Waals surface area contributed by atoms with Gasteiger partial charge < -0.3 is 20.1 Å². The zero-order valence-corrected chi connectivity index (χ0v) is 15.8. The molecule has 2 N–H and O–H groups in total. The Morgan fingerprint density at radius 2 is 1.96 bits per heavy atom. The first-order valence-corrected chi connectivity index (χ1v) is 9.48. The van der Waals surface area contributed by atoms with E-state index in [0.29, 0.717) is 23.4 Å². The fraction of sp³-hybridized carbons (Fsp3) is 0.450. The number of likely N-dealkylation sites (N-methyl/N-ethyl adjacent to an activating group) is 1. The molecule has 1 aliphatic carbocycles. The lowest BCUT2D eigenvalue weighted by Gasteiger charge is -2.33. The van der Waals surface area contributed by atoms with Gasteiger partial charge >= 0.3 is 0 Å². The summed E-state index contributed by atoms with van der Waals surface area (Å²) >= 11 is 0. The number of H-pyrrole nitrogens is 1. The zero-order valence-electron chi connectivity index (χ0n) is 15.8. The highest BCUT2D eigenvalue weighted by atomic mass is 16.2. The minimum absolute atomic E-state index is 0.127. The van der Waals surface area contributed by atoms with Crippen molar-refractivity contribution in [1.82, 2.24) is 14.9 Å². The molecular weight excluding hydrogens is 342 g/mol. The number of rotatable bonds is 3. The largest absolute Gasteiger partial charge is 0.354 e. The van der Waals surface area contributed by atoms with E-state index in [2.05, 4.69) is 32.1 Å². The molecule has 2 aliphatic rings. The van der Waals surface area contributed by atoms with Gasteiger partial charge in [-0.1, -0.05) is 0 Å². The van der Waals surface area contributed by atoms with Gasteiger partial charge in [0.2, 0.25) is 0 Å². The number of ketones is 1. The molecule has 2 aromatic heterocycles. The van der Waals surface area contributed by atoms with Crippen molar-refractivity contribution < 1.29 is 9.59 Å². The molecule has 7 nitrogen and oxygen atoms in total. The molecule has 1 aliphatic heterocycles. The number of carbonyl (C=O) groups excluding carboxylic acids is 2. The van der Waals surface area contributed by atoms with E-state index in [9.17, 15) is 9.59 Å². The van der Waals surface area contributed by atoms with Crippen LogP contribution in [0.3, 0.4) is 0 Å². The lowest BCUT2D eigenvalue weighted by molar-refractivity contribution is 0.0971. The lowest BCUT2D eigenvalue weighted by atomic mass is 9.94. The minimum atomic E-state index is -0.233. The number of aryl methyl sites for hydroxylation is 1. The van der Waals surface area contributed by atoms with Crippen molar-refractivity contribution in [2.24, 2.45) is 0 Å². The fourth-order valence-corrected chi connectivity index (χ4v) is 3.88. The number of hydrogen-bond acceptors (Lipinski definition) is 5. The SMILES string of the molecule is Cc1c(C(=O)Nc2ccc(N3CCN(C)CC3)nc2)[nH]c2c1C(=O)CCC2. The average Bonchev–Trinajstić information content (AvgIpc) is 3.01. The summed E-state index contributed by atoms with van der Waals surface area (Å²) in [5.74, 6) is 0.823. The van der Waals surface area contributed by atoms with Crippen molar-refractivity contribution in [3.8, 4) is 0 Å². The van der Waals surface area contributed by atoms with Crippen LogP contribution >= 0.6 is 0 Å². The molecule has 2 aromatic rings. The number of aromatic nitrogens is 2. The summed E-state index contributed by atoms with van der Waals surface area (Å²) in [4.78, 5) is 37.0. The summed E-state index contributed by atoms with van der Waals surface area (Å²) < 4.78 is 0. The fourth-order valence-electron chi connectivity index (χ4n) is 3.88. The average molecular weight is 367 g/mol. The first kappa shape index (κ1) is 17.7. The van der Waals surface area contributed by atoms with Crippen molar-refractivity contribution in [3.63, 3.8) is 0 Å². The van der Waals surface area contributed by atoms with Gasteiger partial charge in [-0.05, 0) is 44.5 Å². The third-order valence-corrected chi connectivity index (χ3v) is 5.50.